The quantitative estimate of drug-likeness (QED) is 0.866. The molecule has 2 rings (SSSR count). The molecule has 2 N–H and O–H groups in total. The molecule has 0 aliphatic heterocycles. The number of ether oxygens (including phenoxy) is 1. The van der Waals surface area contributed by atoms with Gasteiger partial charge in [0, 0.05) is 5.02 Å². The van der Waals surface area contributed by atoms with Crippen LogP contribution in [0.2, 0.25) is 5.02 Å². The van der Waals surface area contributed by atoms with Crippen LogP contribution in [0, 0.1) is 5.92 Å². The lowest BCUT2D eigenvalue weighted by Gasteiger charge is -2.15. The third kappa shape index (κ3) is 3.17. The summed E-state index contributed by atoms with van der Waals surface area (Å²) in [6.07, 6.45) is 1.65. The van der Waals surface area contributed by atoms with E-state index >= 15 is 0 Å². The molecule has 102 valence electrons. The number of nitrogens with one attached hydrogen (secondary N) is 1. The average Bonchev–Trinajstić information content (AvgIpc) is 3.19. The molecule has 0 aromatic heterocycles. The van der Waals surface area contributed by atoms with Gasteiger partial charge in [0.2, 0.25) is 0 Å². The lowest BCUT2D eigenvalue weighted by molar-refractivity contribution is -0.139. The van der Waals surface area contributed by atoms with Crippen LogP contribution in [-0.4, -0.2) is 30.1 Å². The molecule has 0 bridgehead atoms. The normalized spacial score (nSPS) is 15.7. The van der Waals surface area contributed by atoms with Crippen LogP contribution in [0.4, 0.5) is 0 Å². The fourth-order valence-corrected chi connectivity index (χ4v) is 2.06. The summed E-state index contributed by atoms with van der Waals surface area (Å²) in [5, 5.41) is 12.0. The number of amides is 1. The van der Waals surface area contributed by atoms with E-state index in [2.05, 4.69) is 5.32 Å². The van der Waals surface area contributed by atoms with Crippen molar-refractivity contribution in [3.05, 3.63) is 28.8 Å². The van der Waals surface area contributed by atoms with Crippen LogP contribution in [0.5, 0.6) is 5.75 Å². The first kappa shape index (κ1) is 13.7. The summed E-state index contributed by atoms with van der Waals surface area (Å²) >= 11 is 5.84. The van der Waals surface area contributed by atoms with E-state index in [9.17, 15) is 9.59 Å². The molecule has 5 nitrogen and oxygen atoms in total. The largest absolute Gasteiger partial charge is 0.496 e. The number of aliphatic carboxylic acids is 1. The van der Waals surface area contributed by atoms with Gasteiger partial charge in [0.1, 0.15) is 11.8 Å². The Morgan fingerprint density at radius 3 is 2.68 bits per heavy atom. The maximum Gasteiger partial charge on any atom is 0.326 e. The highest BCUT2D eigenvalue weighted by atomic mass is 35.5. The molecule has 1 amide bonds. The van der Waals surface area contributed by atoms with E-state index in [4.69, 9.17) is 21.4 Å². The Bertz CT molecular complexity index is 513. The zero-order valence-electron chi connectivity index (χ0n) is 10.4. The highest BCUT2D eigenvalue weighted by molar-refractivity contribution is 6.31. The fourth-order valence-electron chi connectivity index (χ4n) is 1.89. The predicted molar refractivity (Wildman–Crippen MR) is 69.6 cm³/mol. The van der Waals surface area contributed by atoms with E-state index in [1.165, 1.54) is 13.2 Å². The van der Waals surface area contributed by atoms with E-state index in [1.807, 2.05) is 0 Å². The van der Waals surface area contributed by atoms with Crippen molar-refractivity contribution in [1.29, 1.82) is 0 Å². The summed E-state index contributed by atoms with van der Waals surface area (Å²) < 4.78 is 5.07. The molecule has 1 fully saturated rings. The van der Waals surface area contributed by atoms with Crippen molar-refractivity contribution >= 4 is 23.5 Å². The van der Waals surface area contributed by atoms with Gasteiger partial charge in [-0.15, -0.1) is 0 Å². The molecule has 1 saturated carbocycles. The molecular formula is C13H14ClNO4. The number of rotatable bonds is 5. The number of hydrogen-bond donors (Lipinski definition) is 2. The van der Waals surface area contributed by atoms with Gasteiger partial charge in [-0.1, -0.05) is 11.6 Å². The van der Waals surface area contributed by atoms with Gasteiger partial charge < -0.3 is 15.2 Å². The van der Waals surface area contributed by atoms with E-state index in [0.29, 0.717) is 10.8 Å². The molecule has 0 saturated heterocycles. The van der Waals surface area contributed by atoms with Crippen molar-refractivity contribution in [2.45, 2.75) is 18.9 Å². The van der Waals surface area contributed by atoms with Crippen LogP contribution in [-0.2, 0) is 4.79 Å². The van der Waals surface area contributed by atoms with E-state index in [0.717, 1.165) is 12.8 Å². The van der Waals surface area contributed by atoms with Crippen molar-refractivity contribution in [2.75, 3.05) is 7.11 Å². The summed E-state index contributed by atoms with van der Waals surface area (Å²) in [5.41, 5.74) is 0.238. The Hall–Kier alpha value is -1.75. The van der Waals surface area contributed by atoms with Gasteiger partial charge in [-0.2, -0.15) is 0 Å². The van der Waals surface area contributed by atoms with Crippen molar-refractivity contribution in [3.8, 4) is 5.75 Å². The van der Waals surface area contributed by atoms with Crippen LogP contribution in [0.1, 0.15) is 23.2 Å². The molecule has 1 atom stereocenters. The number of carbonyl (C=O) groups is 2. The number of carboxylic acid groups (broad SMARTS) is 1. The maximum absolute atomic E-state index is 12.1. The van der Waals surface area contributed by atoms with E-state index in [1.54, 1.807) is 12.1 Å². The van der Waals surface area contributed by atoms with E-state index < -0.39 is 17.9 Å². The van der Waals surface area contributed by atoms with Gasteiger partial charge in [0.25, 0.3) is 5.91 Å². The molecule has 6 heteroatoms. The summed E-state index contributed by atoms with van der Waals surface area (Å²) in [5.74, 6) is -1.12. The van der Waals surface area contributed by atoms with Crippen LogP contribution < -0.4 is 10.1 Å². The Balaban J connectivity index is 2.19. The van der Waals surface area contributed by atoms with Gasteiger partial charge in [-0.05, 0) is 37.0 Å². The van der Waals surface area contributed by atoms with Crippen molar-refractivity contribution in [3.63, 3.8) is 0 Å². The molecule has 1 unspecified atom stereocenters. The Labute approximate surface area is 115 Å². The van der Waals surface area contributed by atoms with E-state index in [-0.39, 0.29) is 11.5 Å². The smallest absolute Gasteiger partial charge is 0.326 e. The van der Waals surface area contributed by atoms with Gasteiger partial charge in [-0.25, -0.2) is 4.79 Å². The SMILES string of the molecule is COc1ccc(Cl)cc1C(=O)NC(C(=O)O)C1CC1. The van der Waals surface area contributed by atoms with Gasteiger partial charge in [-0.3, -0.25) is 4.79 Å². The molecule has 0 radical (unpaired) electrons. The number of benzene rings is 1. The number of hydrogen-bond acceptors (Lipinski definition) is 3. The second-order valence-corrected chi connectivity index (χ2v) is 4.91. The predicted octanol–water partition coefficient (Wildman–Crippen LogP) is 1.94. The highest BCUT2D eigenvalue weighted by Crippen LogP contribution is 2.33. The minimum Gasteiger partial charge on any atom is -0.496 e. The highest BCUT2D eigenvalue weighted by Gasteiger charge is 2.37. The third-order valence-corrected chi connectivity index (χ3v) is 3.29. The van der Waals surface area contributed by atoms with Gasteiger partial charge >= 0.3 is 5.97 Å². The molecule has 0 spiro atoms. The minimum absolute atomic E-state index is 0.0200. The fraction of sp³-hybridized carbons (Fsp3) is 0.385. The molecular weight excluding hydrogens is 270 g/mol. The first-order valence-electron chi connectivity index (χ1n) is 5.90. The van der Waals surface area contributed by atoms with Crippen LogP contribution >= 0.6 is 11.6 Å². The lowest BCUT2D eigenvalue weighted by atomic mass is 10.1. The number of halogens is 1. The first-order valence-corrected chi connectivity index (χ1v) is 6.28. The minimum atomic E-state index is -1.02. The van der Waals surface area contributed by atoms with Gasteiger partial charge in [0.15, 0.2) is 0 Å². The zero-order valence-corrected chi connectivity index (χ0v) is 11.1. The lowest BCUT2D eigenvalue weighted by Crippen LogP contribution is -2.42. The average molecular weight is 284 g/mol. The summed E-state index contributed by atoms with van der Waals surface area (Å²) in [4.78, 5) is 23.2. The van der Waals surface area contributed by atoms with Crippen LogP contribution in [0.3, 0.4) is 0 Å². The second-order valence-electron chi connectivity index (χ2n) is 4.47. The zero-order chi connectivity index (χ0) is 14.0. The molecule has 0 heterocycles. The number of carbonyl (C=O) groups excluding carboxylic acids is 1. The van der Waals surface area contributed by atoms with Crippen molar-refractivity contribution < 1.29 is 19.4 Å². The molecule has 19 heavy (non-hydrogen) atoms. The van der Waals surface area contributed by atoms with Crippen molar-refractivity contribution in [2.24, 2.45) is 5.92 Å². The standard InChI is InChI=1S/C13H14ClNO4/c1-19-10-5-4-8(14)6-9(10)12(16)15-11(13(17)18)7-2-3-7/h4-7,11H,2-3H2,1H3,(H,15,16)(H,17,18). The molecule has 1 aliphatic rings. The second kappa shape index (κ2) is 5.48. The topological polar surface area (TPSA) is 75.6 Å². The summed E-state index contributed by atoms with van der Waals surface area (Å²) in [7, 11) is 1.44. The monoisotopic (exact) mass is 283 g/mol. The first-order chi connectivity index (χ1) is 9.02. The van der Waals surface area contributed by atoms with Crippen LogP contribution in [0.15, 0.2) is 18.2 Å². The van der Waals surface area contributed by atoms with Gasteiger partial charge in [0.05, 0.1) is 12.7 Å². The summed E-state index contributed by atoms with van der Waals surface area (Å²) in [6.45, 7) is 0. The molecule has 1 aromatic carbocycles. The van der Waals surface area contributed by atoms with Crippen molar-refractivity contribution in [1.82, 2.24) is 5.32 Å². The number of methoxy groups -OCH3 is 1. The maximum atomic E-state index is 12.1. The molecule has 1 aromatic rings. The molecule has 1 aliphatic carbocycles. The Morgan fingerprint density at radius 1 is 1.47 bits per heavy atom. The number of carboxylic acids is 1. The Kier molecular flexibility index (Phi) is 3.95. The van der Waals surface area contributed by atoms with Crippen LogP contribution in [0.25, 0.3) is 0 Å². The summed E-state index contributed by atoms with van der Waals surface area (Å²) in [6, 6.07) is 3.79. The third-order valence-electron chi connectivity index (χ3n) is 3.05. The Morgan fingerprint density at radius 2 is 2.16 bits per heavy atom.